The summed E-state index contributed by atoms with van der Waals surface area (Å²) >= 11 is 0. The highest BCUT2D eigenvalue weighted by Gasteiger charge is 2.27. The summed E-state index contributed by atoms with van der Waals surface area (Å²) in [5, 5.41) is 11.3. The largest absolute Gasteiger partial charge is 0.508 e. The molecule has 0 unspecified atom stereocenters. The number of aromatic hydroxyl groups is 1. The number of nitrogens with zero attached hydrogens (tertiary/aromatic N) is 2. The second-order valence-electron chi connectivity index (χ2n) is 6.75. The summed E-state index contributed by atoms with van der Waals surface area (Å²) in [7, 11) is 3.88. The molecule has 3 aromatic rings. The van der Waals surface area contributed by atoms with Gasteiger partial charge in [-0.3, -0.25) is 0 Å². The number of fused-ring (bicyclic) bond motifs is 1. The van der Waals surface area contributed by atoms with E-state index in [-0.39, 0.29) is 11.7 Å². The van der Waals surface area contributed by atoms with Crippen molar-refractivity contribution in [3.63, 3.8) is 0 Å². The molecule has 0 fully saturated rings. The van der Waals surface area contributed by atoms with Crippen molar-refractivity contribution in [2.45, 2.75) is 26.9 Å². The number of rotatable bonds is 6. The monoisotopic (exact) mass is 366 g/mol. The van der Waals surface area contributed by atoms with Crippen LogP contribution in [0.3, 0.4) is 0 Å². The first-order valence-corrected chi connectivity index (χ1v) is 9.23. The average Bonchev–Trinajstić information content (AvgIpc) is 2.99. The van der Waals surface area contributed by atoms with Gasteiger partial charge in [-0.15, -0.1) is 0 Å². The number of esters is 1. The van der Waals surface area contributed by atoms with Gasteiger partial charge in [0.2, 0.25) is 0 Å². The molecule has 0 spiro atoms. The van der Waals surface area contributed by atoms with E-state index in [0.29, 0.717) is 25.3 Å². The molecule has 0 radical (unpaired) electrons. The van der Waals surface area contributed by atoms with E-state index in [1.54, 1.807) is 13.0 Å². The molecule has 1 N–H and O–H groups in total. The molecule has 0 aliphatic heterocycles. The highest BCUT2D eigenvalue weighted by atomic mass is 16.5. The lowest BCUT2D eigenvalue weighted by Gasteiger charge is -2.14. The third-order valence-electron chi connectivity index (χ3n) is 4.63. The fourth-order valence-electron chi connectivity index (χ4n) is 3.61. The van der Waals surface area contributed by atoms with Crippen molar-refractivity contribution in [3.05, 3.63) is 53.6 Å². The Morgan fingerprint density at radius 3 is 2.41 bits per heavy atom. The van der Waals surface area contributed by atoms with Crippen molar-refractivity contribution in [2.24, 2.45) is 0 Å². The summed E-state index contributed by atoms with van der Waals surface area (Å²) in [6.45, 7) is 5.38. The Bertz CT molecular complexity index is 959. The Kier molecular flexibility index (Phi) is 5.51. The molecule has 1 aromatic heterocycles. The van der Waals surface area contributed by atoms with Gasteiger partial charge in [0, 0.05) is 29.6 Å². The molecule has 5 heteroatoms. The van der Waals surface area contributed by atoms with Crippen molar-refractivity contribution in [1.82, 2.24) is 9.47 Å². The van der Waals surface area contributed by atoms with E-state index < -0.39 is 0 Å². The molecule has 142 valence electrons. The van der Waals surface area contributed by atoms with Gasteiger partial charge in [0.1, 0.15) is 5.75 Å². The molecule has 2 aromatic carbocycles. The number of carbonyl (C=O) groups is 1. The van der Waals surface area contributed by atoms with Gasteiger partial charge in [0.05, 0.1) is 17.9 Å². The van der Waals surface area contributed by atoms with E-state index in [2.05, 4.69) is 11.5 Å². The summed E-state index contributed by atoms with van der Waals surface area (Å²) in [5.41, 5.74) is 3.97. The quantitative estimate of drug-likeness (QED) is 0.662. The van der Waals surface area contributed by atoms with E-state index in [9.17, 15) is 9.90 Å². The maximum Gasteiger partial charge on any atom is 0.340 e. The summed E-state index contributed by atoms with van der Waals surface area (Å²) in [6, 6.07) is 13.4. The predicted molar refractivity (Wildman–Crippen MR) is 108 cm³/mol. The molecule has 0 amide bonds. The first kappa shape index (κ1) is 19.0. The van der Waals surface area contributed by atoms with E-state index in [1.807, 2.05) is 55.4 Å². The van der Waals surface area contributed by atoms with Crippen molar-refractivity contribution in [1.29, 1.82) is 0 Å². The van der Waals surface area contributed by atoms with Gasteiger partial charge < -0.3 is 19.3 Å². The van der Waals surface area contributed by atoms with Gasteiger partial charge in [-0.1, -0.05) is 30.3 Å². The van der Waals surface area contributed by atoms with Crippen molar-refractivity contribution >= 4 is 16.9 Å². The number of carbonyl (C=O) groups excluding carboxylic acids is 1. The summed E-state index contributed by atoms with van der Waals surface area (Å²) < 4.78 is 7.53. The van der Waals surface area contributed by atoms with Crippen LogP contribution >= 0.6 is 0 Å². The van der Waals surface area contributed by atoms with Crippen molar-refractivity contribution in [2.75, 3.05) is 20.7 Å². The second-order valence-corrected chi connectivity index (χ2v) is 6.75. The van der Waals surface area contributed by atoms with Gasteiger partial charge in [-0.05, 0) is 45.6 Å². The molecule has 0 saturated carbocycles. The third kappa shape index (κ3) is 3.43. The van der Waals surface area contributed by atoms with Gasteiger partial charge in [0.15, 0.2) is 0 Å². The van der Waals surface area contributed by atoms with Crippen LogP contribution in [0.5, 0.6) is 5.75 Å². The molecule has 0 bridgehead atoms. The average molecular weight is 366 g/mol. The molecule has 5 nitrogen and oxygen atoms in total. The minimum atomic E-state index is -0.362. The fraction of sp³-hybridized carbons (Fsp3) is 0.318. The maximum atomic E-state index is 13.0. The molecular formula is C22H26N2O3. The molecule has 3 rings (SSSR count). The van der Waals surface area contributed by atoms with Crippen LogP contribution in [0.1, 0.15) is 29.8 Å². The number of aryl methyl sites for hydroxylation is 1. The zero-order valence-corrected chi connectivity index (χ0v) is 16.3. The fourth-order valence-corrected chi connectivity index (χ4v) is 3.61. The van der Waals surface area contributed by atoms with Crippen molar-refractivity contribution in [3.8, 4) is 17.0 Å². The number of hydrogen-bond acceptors (Lipinski definition) is 4. The number of benzene rings is 2. The first-order valence-electron chi connectivity index (χ1n) is 9.23. The van der Waals surface area contributed by atoms with E-state index in [0.717, 1.165) is 27.7 Å². The smallest absolute Gasteiger partial charge is 0.340 e. The molecule has 0 aliphatic carbocycles. The number of phenols is 1. The van der Waals surface area contributed by atoms with Crippen LogP contribution in [-0.2, 0) is 17.8 Å². The molecule has 0 aliphatic rings. The van der Waals surface area contributed by atoms with Crippen LogP contribution in [0.2, 0.25) is 0 Å². The van der Waals surface area contributed by atoms with Gasteiger partial charge >= 0.3 is 5.97 Å². The lowest BCUT2D eigenvalue weighted by atomic mass is 10.0. The van der Waals surface area contributed by atoms with Crippen LogP contribution in [-0.4, -0.2) is 41.2 Å². The lowest BCUT2D eigenvalue weighted by molar-refractivity contribution is 0.0529. The second kappa shape index (κ2) is 7.84. The zero-order chi connectivity index (χ0) is 19.6. The van der Waals surface area contributed by atoms with E-state index >= 15 is 0 Å². The third-order valence-corrected chi connectivity index (χ3v) is 4.63. The number of hydrogen-bond donors (Lipinski definition) is 1. The zero-order valence-electron chi connectivity index (χ0n) is 16.3. The minimum absolute atomic E-state index is 0.189. The summed E-state index contributed by atoms with van der Waals surface area (Å²) in [5.74, 6) is -0.172. The Morgan fingerprint density at radius 2 is 1.81 bits per heavy atom. The normalized spacial score (nSPS) is 11.3. The topological polar surface area (TPSA) is 54.7 Å². The maximum absolute atomic E-state index is 13.0. The van der Waals surface area contributed by atoms with Gasteiger partial charge in [0.25, 0.3) is 0 Å². The predicted octanol–water partition coefficient (Wildman–Crippen LogP) is 4.27. The molecule has 0 saturated heterocycles. The summed E-state index contributed by atoms with van der Waals surface area (Å²) in [6.07, 6.45) is 0. The first-order chi connectivity index (χ1) is 13.0. The highest BCUT2D eigenvalue weighted by molar-refractivity contribution is 6.12. The summed E-state index contributed by atoms with van der Waals surface area (Å²) in [4.78, 5) is 15.0. The Morgan fingerprint density at radius 1 is 1.11 bits per heavy atom. The van der Waals surface area contributed by atoms with Gasteiger partial charge in [-0.2, -0.15) is 0 Å². The Balaban J connectivity index is 2.46. The van der Waals surface area contributed by atoms with Crippen LogP contribution < -0.4 is 0 Å². The number of phenolic OH excluding ortho intramolecular Hbond substituents is 1. The lowest BCUT2D eigenvalue weighted by Crippen LogP contribution is -2.12. The van der Waals surface area contributed by atoms with E-state index in [4.69, 9.17) is 4.74 Å². The molecule has 27 heavy (non-hydrogen) atoms. The molecular weight excluding hydrogens is 340 g/mol. The van der Waals surface area contributed by atoms with Gasteiger partial charge in [-0.25, -0.2) is 4.79 Å². The Labute approximate surface area is 159 Å². The van der Waals surface area contributed by atoms with Crippen LogP contribution in [0.4, 0.5) is 0 Å². The minimum Gasteiger partial charge on any atom is -0.508 e. The number of aromatic nitrogens is 1. The standard InChI is InChI=1S/C22H26N2O3/c1-5-24-17-12-13-18(25)16(14-23(3)4)19(17)20(22(26)27-6-2)21(24)15-10-8-7-9-11-15/h7-13,25H,5-6,14H2,1-4H3. The molecule has 1 heterocycles. The SMILES string of the molecule is CCOC(=O)c1c(-c2ccccc2)n(CC)c2ccc(O)c(CN(C)C)c12. The van der Waals surface area contributed by atoms with E-state index in [1.165, 1.54) is 0 Å². The van der Waals surface area contributed by atoms with Crippen LogP contribution in [0.15, 0.2) is 42.5 Å². The van der Waals surface area contributed by atoms with Crippen molar-refractivity contribution < 1.29 is 14.6 Å². The van der Waals surface area contributed by atoms with Crippen LogP contribution in [0.25, 0.3) is 22.2 Å². The van der Waals surface area contributed by atoms with Crippen LogP contribution in [0, 0.1) is 0 Å². The highest BCUT2D eigenvalue weighted by Crippen LogP contribution is 2.39. The molecule has 0 atom stereocenters. The number of ether oxygens (including phenoxy) is 1. The Hall–Kier alpha value is -2.79.